The maximum Gasteiger partial charge on any atom is 0.0212 e. The molecule has 2 heteroatoms. The van der Waals surface area contributed by atoms with E-state index < -0.39 is 0 Å². The van der Waals surface area contributed by atoms with Crippen molar-refractivity contribution >= 4 is 15.9 Å². The lowest BCUT2D eigenvalue weighted by atomic mass is 9.90. The molecule has 0 aromatic heterocycles. The molecule has 1 fully saturated rings. The molecule has 1 N–H and O–H groups in total. The summed E-state index contributed by atoms with van der Waals surface area (Å²) >= 11 is 3.66. The monoisotopic (exact) mass is 253 g/mol. The van der Waals surface area contributed by atoms with Crippen LogP contribution in [0.2, 0.25) is 0 Å². The third kappa shape index (κ3) is 2.18. The zero-order valence-corrected chi connectivity index (χ0v) is 10.1. The van der Waals surface area contributed by atoms with Gasteiger partial charge in [-0.3, -0.25) is 0 Å². The SMILES string of the molecule is Cc1ccc(C2CCNCC2)c(Br)c1. The number of benzene rings is 1. The lowest BCUT2D eigenvalue weighted by molar-refractivity contribution is 0.459. The second kappa shape index (κ2) is 4.45. The van der Waals surface area contributed by atoms with Gasteiger partial charge >= 0.3 is 0 Å². The highest BCUT2D eigenvalue weighted by Crippen LogP contribution is 2.31. The minimum atomic E-state index is 0.742. The predicted molar refractivity (Wildman–Crippen MR) is 63.7 cm³/mol. The first kappa shape index (κ1) is 10.2. The summed E-state index contributed by atoms with van der Waals surface area (Å²) in [5.41, 5.74) is 2.81. The van der Waals surface area contributed by atoms with E-state index in [0.717, 1.165) is 19.0 Å². The van der Waals surface area contributed by atoms with E-state index in [4.69, 9.17) is 0 Å². The van der Waals surface area contributed by atoms with Gasteiger partial charge in [0.15, 0.2) is 0 Å². The fourth-order valence-corrected chi connectivity index (χ4v) is 2.91. The Kier molecular flexibility index (Phi) is 3.24. The molecular weight excluding hydrogens is 238 g/mol. The van der Waals surface area contributed by atoms with Crippen LogP contribution in [0.1, 0.15) is 29.9 Å². The van der Waals surface area contributed by atoms with Gasteiger partial charge in [0.1, 0.15) is 0 Å². The van der Waals surface area contributed by atoms with Crippen LogP contribution in [0, 0.1) is 6.92 Å². The van der Waals surface area contributed by atoms with Crippen molar-refractivity contribution in [2.75, 3.05) is 13.1 Å². The van der Waals surface area contributed by atoms with E-state index in [1.165, 1.54) is 28.4 Å². The van der Waals surface area contributed by atoms with E-state index in [0.29, 0.717) is 0 Å². The van der Waals surface area contributed by atoms with E-state index in [9.17, 15) is 0 Å². The summed E-state index contributed by atoms with van der Waals surface area (Å²) in [5.74, 6) is 0.742. The van der Waals surface area contributed by atoms with Crippen molar-refractivity contribution in [2.24, 2.45) is 0 Å². The summed E-state index contributed by atoms with van der Waals surface area (Å²) < 4.78 is 1.28. The number of hydrogen-bond acceptors (Lipinski definition) is 1. The molecule has 0 aliphatic carbocycles. The normalized spacial score (nSPS) is 18.4. The van der Waals surface area contributed by atoms with Gasteiger partial charge in [0.2, 0.25) is 0 Å². The highest BCUT2D eigenvalue weighted by Gasteiger charge is 2.16. The number of nitrogens with one attached hydrogen (secondary N) is 1. The Balaban J connectivity index is 2.22. The van der Waals surface area contributed by atoms with Crippen LogP contribution in [-0.4, -0.2) is 13.1 Å². The summed E-state index contributed by atoms with van der Waals surface area (Å²) in [6.45, 7) is 4.45. The molecule has 0 radical (unpaired) electrons. The smallest absolute Gasteiger partial charge is 0.0212 e. The van der Waals surface area contributed by atoms with Gasteiger partial charge in [0.25, 0.3) is 0 Å². The maximum atomic E-state index is 3.66. The molecule has 1 aromatic rings. The largest absolute Gasteiger partial charge is 0.317 e. The molecule has 1 aliphatic heterocycles. The summed E-state index contributed by atoms with van der Waals surface area (Å²) in [6, 6.07) is 6.70. The van der Waals surface area contributed by atoms with Crippen molar-refractivity contribution < 1.29 is 0 Å². The lowest BCUT2D eigenvalue weighted by Gasteiger charge is -2.24. The van der Waals surface area contributed by atoms with E-state index in [2.05, 4.69) is 46.4 Å². The van der Waals surface area contributed by atoms with Gasteiger partial charge < -0.3 is 5.32 Å². The van der Waals surface area contributed by atoms with Crippen LogP contribution < -0.4 is 5.32 Å². The van der Waals surface area contributed by atoms with Crippen molar-refractivity contribution in [2.45, 2.75) is 25.7 Å². The van der Waals surface area contributed by atoms with E-state index >= 15 is 0 Å². The highest BCUT2D eigenvalue weighted by molar-refractivity contribution is 9.10. The molecule has 76 valence electrons. The van der Waals surface area contributed by atoms with Gasteiger partial charge in [-0.2, -0.15) is 0 Å². The van der Waals surface area contributed by atoms with Crippen molar-refractivity contribution in [1.82, 2.24) is 5.32 Å². The second-order valence-corrected chi connectivity index (χ2v) is 4.90. The standard InChI is InChI=1S/C12H16BrN/c1-9-2-3-11(12(13)8-9)10-4-6-14-7-5-10/h2-3,8,10,14H,4-7H2,1H3. The first-order valence-electron chi connectivity index (χ1n) is 5.24. The first-order chi connectivity index (χ1) is 6.77. The van der Waals surface area contributed by atoms with Crippen LogP contribution in [0.3, 0.4) is 0 Å². The van der Waals surface area contributed by atoms with Crippen molar-refractivity contribution in [3.63, 3.8) is 0 Å². The Morgan fingerprint density at radius 2 is 2.00 bits per heavy atom. The van der Waals surface area contributed by atoms with Crippen LogP contribution in [0.15, 0.2) is 22.7 Å². The van der Waals surface area contributed by atoms with E-state index in [1.807, 2.05) is 0 Å². The molecule has 0 spiro atoms. The lowest BCUT2D eigenvalue weighted by Crippen LogP contribution is -2.26. The molecule has 0 amide bonds. The molecule has 0 bridgehead atoms. The van der Waals surface area contributed by atoms with Crippen LogP contribution in [0.4, 0.5) is 0 Å². The summed E-state index contributed by atoms with van der Waals surface area (Å²) in [6.07, 6.45) is 2.53. The number of rotatable bonds is 1. The zero-order chi connectivity index (χ0) is 9.97. The average molecular weight is 254 g/mol. The van der Waals surface area contributed by atoms with Gasteiger partial charge in [-0.25, -0.2) is 0 Å². The van der Waals surface area contributed by atoms with Crippen molar-refractivity contribution in [1.29, 1.82) is 0 Å². The fourth-order valence-electron chi connectivity index (χ4n) is 2.10. The third-order valence-electron chi connectivity index (χ3n) is 2.93. The topological polar surface area (TPSA) is 12.0 Å². The minimum Gasteiger partial charge on any atom is -0.317 e. The predicted octanol–water partition coefficient (Wildman–Crippen LogP) is 3.22. The number of halogens is 1. The summed E-state index contributed by atoms with van der Waals surface area (Å²) in [5, 5.41) is 3.40. The average Bonchev–Trinajstić information content (AvgIpc) is 2.19. The summed E-state index contributed by atoms with van der Waals surface area (Å²) in [7, 11) is 0. The Bertz CT molecular complexity index is 316. The molecule has 2 rings (SSSR count). The molecule has 1 nitrogen and oxygen atoms in total. The number of aryl methyl sites for hydroxylation is 1. The Morgan fingerprint density at radius 1 is 1.29 bits per heavy atom. The van der Waals surface area contributed by atoms with Gasteiger partial charge in [0.05, 0.1) is 0 Å². The van der Waals surface area contributed by atoms with Gasteiger partial charge in [-0.1, -0.05) is 28.1 Å². The first-order valence-corrected chi connectivity index (χ1v) is 6.03. The quantitative estimate of drug-likeness (QED) is 0.811. The zero-order valence-electron chi connectivity index (χ0n) is 8.52. The van der Waals surface area contributed by atoms with E-state index in [1.54, 1.807) is 0 Å². The van der Waals surface area contributed by atoms with Gasteiger partial charge in [-0.15, -0.1) is 0 Å². The molecule has 14 heavy (non-hydrogen) atoms. The molecule has 1 aliphatic rings. The Morgan fingerprint density at radius 3 is 2.64 bits per heavy atom. The molecule has 0 atom stereocenters. The van der Waals surface area contributed by atoms with Gasteiger partial charge in [0, 0.05) is 4.47 Å². The number of piperidine rings is 1. The molecule has 0 unspecified atom stereocenters. The second-order valence-electron chi connectivity index (χ2n) is 4.05. The molecule has 1 aromatic carbocycles. The fraction of sp³-hybridized carbons (Fsp3) is 0.500. The van der Waals surface area contributed by atoms with Crippen molar-refractivity contribution in [3.05, 3.63) is 33.8 Å². The van der Waals surface area contributed by atoms with Crippen LogP contribution in [-0.2, 0) is 0 Å². The van der Waals surface area contributed by atoms with Crippen molar-refractivity contribution in [3.8, 4) is 0 Å². The molecular formula is C12H16BrN. The maximum absolute atomic E-state index is 3.66. The molecule has 1 heterocycles. The van der Waals surface area contributed by atoms with Gasteiger partial charge in [-0.05, 0) is 56.0 Å². The third-order valence-corrected chi connectivity index (χ3v) is 3.62. The molecule has 1 saturated heterocycles. The Labute approximate surface area is 94.0 Å². The van der Waals surface area contributed by atoms with E-state index in [-0.39, 0.29) is 0 Å². The number of hydrogen-bond donors (Lipinski definition) is 1. The van der Waals surface area contributed by atoms with Crippen LogP contribution in [0.25, 0.3) is 0 Å². The molecule has 0 saturated carbocycles. The highest BCUT2D eigenvalue weighted by atomic mass is 79.9. The van der Waals surface area contributed by atoms with Crippen LogP contribution >= 0.6 is 15.9 Å². The minimum absolute atomic E-state index is 0.742. The Hall–Kier alpha value is -0.340. The summed E-state index contributed by atoms with van der Waals surface area (Å²) in [4.78, 5) is 0. The van der Waals surface area contributed by atoms with Crippen LogP contribution in [0.5, 0.6) is 0 Å².